The molecule has 1 aromatic carbocycles. The fourth-order valence-corrected chi connectivity index (χ4v) is 5.66. The quantitative estimate of drug-likeness (QED) is 0.684. The summed E-state index contributed by atoms with van der Waals surface area (Å²) in [6.45, 7) is 8.19. The molecule has 0 aliphatic rings. The Hall–Kier alpha value is -0.630. The molecule has 0 aliphatic heterocycles. The van der Waals surface area contributed by atoms with Crippen LogP contribution in [0.15, 0.2) is 28.7 Å². The van der Waals surface area contributed by atoms with Crippen LogP contribution < -0.4 is 4.31 Å². The van der Waals surface area contributed by atoms with Gasteiger partial charge in [-0.1, -0.05) is 18.2 Å². The molecule has 0 spiro atoms. The van der Waals surface area contributed by atoms with E-state index in [0.717, 1.165) is 14.6 Å². The normalized spacial score (nSPS) is 12.7. The Morgan fingerprint density at radius 3 is 2.48 bits per heavy atom. The molecule has 0 unspecified atom stereocenters. The van der Waals surface area contributed by atoms with Gasteiger partial charge in [-0.3, -0.25) is 4.31 Å². The molecule has 0 bridgehead atoms. The van der Waals surface area contributed by atoms with Gasteiger partial charge >= 0.3 is 0 Å². The second-order valence-electron chi connectivity index (χ2n) is 6.15. The SMILES string of the molecule is CCS(=O)(=O)N(CCOC(C)(C)C)c1sc2ccccc2c1Br. The standard InChI is InChI=1S/C16H22BrNO3S2/c1-5-23(19,20)18(10-11-21-16(2,3)4)15-14(17)12-8-6-7-9-13(12)22-15/h6-9H,5,10-11H2,1-4H3. The maximum Gasteiger partial charge on any atom is 0.235 e. The van der Waals surface area contributed by atoms with Gasteiger partial charge in [-0.25, -0.2) is 8.42 Å². The van der Waals surface area contributed by atoms with Crippen molar-refractivity contribution >= 4 is 52.4 Å². The van der Waals surface area contributed by atoms with Crippen molar-refractivity contribution in [1.82, 2.24) is 0 Å². The molecular weight excluding hydrogens is 398 g/mol. The van der Waals surface area contributed by atoms with Gasteiger partial charge in [-0.05, 0) is 49.7 Å². The second kappa shape index (κ2) is 7.09. The molecule has 2 aromatic rings. The van der Waals surface area contributed by atoms with Gasteiger partial charge in [0, 0.05) is 10.1 Å². The van der Waals surface area contributed by atoms with Gasteiger partial charge in [0.15, 0.2) is 0 Å². The molecule has 0 radical (unpaired) electrons. The van der Waals surface area contributed by atoms with E-state index in [1.807, 2.05) is 45.0 Å². The van der Waals surface area contributed by atoms with Gasteiger partial charge in [0.2, 0.25) is 10.0 Å². The predicted octanol–water partition coefficient (Wildman–Crippen LogP) is 4.64. The molecule has 0 saturated heterocycles. The molecule has 7 heteroatoms. The molecule has 128 valence electrons. The summed E-state index contributed by atoms with van der Waals surface area (Å²) in [6.07, 6.45) is 0. The Morgan fingerprint density at radius 2 is 1.91 bits per heavy atom. The maximum absolute atomic E-state index is 12.5. The molecule has 1 aromatic heterocycles. The summed E-state index contributed by atoms with van der Waals surface area (Å²) in [6, 6.07) is 7.89. The number of thiophene rings is 1. The van der Waals surface area contributed by atoms with E-state index >= 15 is 0 Å². The zero-order chi connectivity index (χ0) is 17.3. The first-order chi connectivity index (χ1) is 10.7. The van der Waals surface area contributed by atoms with Crippen molar-refractivity contribution < 1.29 is 13.2 Å². The van der Waals surface area contributed by atoms with E-state index in [0.29, 0.717) is 18.2 Å². The number of halogens is 1. The fraction of sp³-hybridized carbons (Fsp3) is 0.500. The maximum atomic E-state index is 12.5. The molecule has 0 aliphatic carbocycles. The highest BCUT2D eigenvalue weighted by atomic mass is 79.9. The minimum absolute atomic E-state index is 0.0587. The van der Waals surface area contributed by atoms with E-state index in [9.17, 15) is 8.42 Å². The van der Waals surface area contributed by atoms with Crippen LogP contribution in [0.3, 0.4) is 0 Å². The van der Waals surface area contributed by atoms with Crippen molar-refractivity contribution in [2.45, 2.75) is 33.3 Å². The number of rotatable bonds is 6. The first-order valence-electron chi connectivity index (χ1n) is 7.47. The minimum Gasteiger partial charge on any atom is -0.374 e. The van der Waals surface area contributed by atoms with Crippen molar-refractivity contribution in [3.05, 3.63) is 28.7 Å². The zero-order valence-corrected chi connectivity index (χ0v) is 17.0. The van der Waals surface area contributed by atoms with Crippen LogP contribution >= 0.6 is 27.3 Å². The lowest BCUT2D eigenvalue weighted by Gasteiger charge is -2.25. The first-order valence-corrected chi connectivity index (χ1v) is 10.7. The number of nitrogens with zero attached hydrogens (tertiary/aromatic N) is 1. The van der Waals surface area contributed by atoms with Crippen LogP contribution in [0.1, 0.15) is 27.7 Å². The number of benzene rings is 1. The van der Waals surface area contributed by atoms with Gasteiger partial charge in [0.05, 0.1) is 29.0 Å². The number of hydrogen-bond acceptors (Lipinski definition) is 4. The molecule has 0 fully saturated rings. The molecule has 1 heterocycles. The summed E-state index contributed by atoms with van der Waals surface area (Å²) < 4.78 is 34.1. The van der Waals surface area contributed by atoms with E-state index in [1.165, 1.54) is 15.6 Å². The van der Waals surface area contributed by atoms with Crippen LogP contribution in [0, 0.1) is 0 Å². The summed E-state index contributed by atoms with van der Waals surface area (Å²) >= 11 is 5.05. The van der Waals surface area contributed by atoms with E-state index in [-0.39, 0.29) is 11.4 Å². The fourth-order valence-electron chi connectivity index (χ4n) is 2.12. The minimum atomic E-state index is -3.37. The Balaban J connectivity index is 2.38. The monoisotopic (exact) mass is 419 g/mol. The molecule has 0 saturated carbocycles. The lowest BCUT2D eigenvalue weighted by molar-refractivity contribution is 0.00234. The van der Waals surface area contributed by atoms with E-state index in [2.05, 4.69) is 15.9 Å². The third-order valence-corrected chi connectivity index (χ3v) is 7.42. The van der Waals surface area contributed by atoms with Crippen molar-refractivity contribution in [3.63, 3.8) is 0 Å². The highest BCUT2D eigenvalue weighted by molar-refractivity contribution is 9.10. The number of anilines is 1. The van der Waals surface area contributed by atoms with Gasteiger partial charge in [0.25, 0.3) is 0 Å². The van der Waals surface area contributed by atoms with Crippen molar-refractivity contribution in [3.8, 4) is 0 Å². The Kier molecular flexibility index (Phi) is 5.76. The first kappa shape index (κ1) is 18.7. The summed E-state index contributed by atoms with van der Waals surface area (Å²) in [5.41, 5.74) is -0.293. The van der Waals surface area contributed by atoms with Crippen LogP contribution in [-0.4, -0.2) is 32.9 Å². The average molecular weight is 420 g/mol. The molecular formula is C16H22BrNO3S2. The third-order valence-electron chi connectivity index (χ3n) is 3.27. The topological polar surface area (TPSA) is 46.6 Å². The number of sulfonamides is 1. The largest absolute Gasteiger partial charge is 0.374 e. The molecule has 0 atom stereocenters. The van der Waals surface area contributed by atoms with Crippen molar-refractivity contribution in [2.75, 3.05) is 23.2 Å². The van der Waals surface area contributed by atoms with Crippen LogP contribution in [0.4, 0.5) is 5.00 Å². The smallest absolute Gasteiger partial charge is 0.235 e. The van der Waals surface area contributed by atoms with Gasteiger partial charge in [-0.2, -0.15) is 0 Å². The Bertz CT molecular complexity index is 778. The van der Waals surface area contributed by atoms with Crippen LogP contribution in [-0.2, 0) is 14.8 Å². The third kappa shape index (κ3) is 4.47. The summed E-state index contributed by atoms with van der Waals surface area (Å²) in [5.74, 6) is 0.0587. The summed E-state index contributed by atoms with van der Waals surface area (Å²) in [5, 5.41) is 1.74. The molecule has 0 amide bonds. The number of fused-ring (bicyclic) bond motifs is 1. The van der Waals surface area contributed by atoms with E-state index in [1.54, 1.807) is 6.92 Å². The predicted molar refractivity (Wildman–Crippen MR) is 102 cm³/mol. The highest BCUT2D eigenvalue weighted by Gasteiger charge is 2.26. The molecule has 2 rings (SSSR count). The summed E-state index contributed by atoms with van der Waals surface area (Å²) in [7, 11) is -3.37. The Labute approximate surface area is 150 Å². The van der Waals surface area contributed by atoms with E-state index in [4.69, 9.17) is 4.74 Å². The van der Waals surface area contributed by atoms with E-state index < -0.39 is 10.0 Å². The lowest BCUT2D eigenvalue weighted by atomic mass is 10.2. The molecule has 4 nitrogen and oxygen atoms in total. The second-order valence-corrected chi connectivity index (χ2v) is 10.2. The van der Waals surface area contributed by atoms with Crippen LogP contribution in [0.25, 0.3) is 10.1 Å². The van der Waals surface area contributed by atoms with Crippen LogP contribution in [0.5, 0.6) is 0 Å². The molecule has 0 N–H and O–H groups in total. The number of hydrogen-bond donors (Lipinski definition) is 0. The Morgan fingerprint density at radius 1 is 1.26 bits per heavy atom. The summed E-state index contributed by atoms with van der Waals surface area (Å²) in [4.78, 5) is 0. The van der Waals surface area contributed by atoms with Gasteiger partial charge < -0.3 is 4.74 Å². The van der Waals surface area contributed by atoms with Crippen molar-refractivity contribution in [1.29, 1.82) is 0 Å². The number of ether oxygens (including phenoxy) is 1. The lowest BCUT2D eigenvalue weighted by Crippen LogP contribution is -2.36. The highest BCUT2D eigenvalue weighted by Crippen LogP contribution is 2.42. The van der Waals surface area contributed by atoms with Crippen molar-refractivity contribution in [2.24, 2.45) is 0 Å². The van der Waals surface area contributed by atoms with Gasteiger partial charge in [0.1, 0.15) is 5.00 Å². The zero-order valence-electron chi connectivity index (χ0n) is 13.8. The average Bonchev–Trinajstić information content (AvgIpc) is 2.80. The van der Waals surface area contributed by atoms with Gasteiger partial charge in [-0.15, -0.1) is 11.3 Å². The van der Waals surface area contributed by atoms with Crippen LogP contribution in [0.2, 0.25) is 0 Å². The molecule has 23 heavy (non-hydrogen) atoms.